The van der Waals surface area contributed by atoms with Crippen molar-refractivity contribution in [3.63, 3.8) is 0 Å². The monoisotopic (exact) mass is 390 g/mol. The maximum atomic E-state index is 13.0. The number of fused-ring (bicyclic) bond motifs is 1. The summed E-state index contributed by atoms with van der Waals surface area (Å²) in [4.78, 5) is 27.8. The third-order valence-electron chi connectivity index (χ3n) is 5.42. The first-order chi connectivity index (χ1) is 13.6. The molecule has 2 aliphatic heterocycles. The van der Waals surface area contributed by atoms with Gasteiger partial charge in [-0.25, -0.2) is 0 Å². The van der Waals surface area contributed by atoms with Gasteiger partial charge in [0.15, 0.2) is 24.6 Å². The lowest BCUT2D eigenvalue weighted by molar-refractivity contribution is -0.882. The van der Waals surface area contributed by atoms with Crippen LogP contribution in [-0.4, -0.2) is 62.7 Å². The van der Waals surface area contributed by atoms with Crippen molar-refractivity contribution in [2.75, 3.05) is 45.9 Å². The summed E-state index contributed by atoms with van der Waals surface area (Å²) in [5.41, 5.74) is 1.09. The fourth-order valence-electron chi connectivity index (χ4n) is 3.91. The second-order valence-corrected chi connectivity index (χ2v) is 7.41. The number of likely N-dealkylation sites (tertiary alicyclic amines) is 1. The molecule has 0 bridgehead atoms. The third-order valence-corrected chi connectivity index (χ3v) is 5.42. The molecule has 2 atom stereocenters. The first-order valence-electron chi connectivity index (χ1n) is 10.4. The third kappa shape index (κ3) is 4.95. The van der Waals surface area contributed by atoms with Crippen molar-refractivity contribution in [3.8, 4) is 11.5 Å². The zero-order valence-electron chi connectivity index (χ0n) is 17.0. The van der Waals surface area contributed by atoms with Gasteiger partial charge >= 0.3 is 0 Å². The molecule has 0 radical (unpaired) electrons. The van der Waals surface area contributed by atoms with Gasteiger partial charge in [-0.1, -0.05) is 6.07 Å². The molecule has 0 saturated carbocycles. The maximum absolute atomic E-state index is 13.0. The quantitative estimate of drug-likeness (QED) is 0.713. The van der Waals surface area contributed by atoms with Gasteiger partial charge in [-0.3, -0.25) is 9.59 Å². The highest BCUT2D eigenvalue weighted by Crippen LogP contribution is 2.37. The van der Waals surface area contributed by atoms with E-state index in [1.165, 1.54) is 0 Å². The minimum Gasteiger partial charge on any atom is -0.490 e. The number of amides is 2. The highest BCUT2D eigenvalue weighted by molar-refractivity contribution is 5.79. The first-order valence-corrected chi connectivity index (χ1v) is 10.4. The summed E-state index contributed by atoms with van der Waals surface area (Å²) < 4.78 is 11.5. The Balaban J connectivity index is 1.67. The number of benzene rings is 1. The number of carbonyl (C=O) groups excluding carboxylic acids is 2. The molecular weight excluding hydrogens is 358 g/mol. The molecule has 1 aromatic carbocycles. The van der Waals surface area contributed by atoms with Crippen molar-refractivity contribution in [1.82, 2.24) is 10.2 Å². The van der Waals surface area contributed by atoms with Crippen LogP contribution in [0.15, 0.2) is 18.2 Å². The molecule has 0 aromatic heterocycles. The molecule has 154 valence electrons. The van der Waals surface area contributed by atoms with Crippen LogP contribution in [0.2, 0.25) is 0 Å². The fraction of sp³-hybridized carbons (Fsp3) is 0.619. The predicted molar refractivity (Wildman–Crippen MR) is 106 cm³/mol. The van der Waals surface area contributed by atoms with Crippen LogP contribution in [0, 0.1) is 0 Å². The topological polar surface area (TPSA) is 72.3 Å². The van der Waals surface area contributed by atoms with Crippen LogP contribution in [0.4, 0.5) is 0 Å². The first kappa shape index (κ1) is 20.5. The van der Waals surface area contributed by atoms with Gasteiger partial charge in [0.2, 0.25) is 0 Å². The molecule has 1 fully saturated rings. The molecule has 3 rings (SSSR count). The number of hydrogen-bond donors (Lipinski definition) is 2. The van der Waals surface area contributed by atoms with E-state index in [0.29, 0.717) is 32.8 Å². The number of quaternary nitrogens is 1. The van der Waals surface area contributed by atoms with E-state index in [2.05, 4.69) is 5.32 Å². The molecule has 2 heterocycles. The predicted octanol–water partition coefficient (Wildman–Crippen LogP) is 0.552. The van der Waals surface area contributed by atoms with E-state index in [0.717, 1.165) is 54.3 Å². The van der Waals surface area contributed by atoms with Gasteiger partial charge in [0.25, 0.3) is 11.8 Å². The number of nitrogens with one attached hydrogen (secondary N) is 2. The summed E-state index contributed by atoms with van der Waals surface area (Å²) in [7, 11) is 0. The minimum atomic E-state index is -0.00646. The van der Waals surface area contributed by atoms with E-state index in [9.17, 15) is 9.59 Å². The van der Waals surface area contributed by atoms with Gasteiger partial charge in [-0.05, 0) is 44.4 Å². The van der Waals surface area contributed by atoms with Gasteiger partial charge in [0, 0.05) is 19.5 Å². The Morgan fingerprint density at radius 3 is 2.68 bits per heavy atom. The molecule has 1 saturated heterocycles. The number of rotatable bonds is 7. The highest BCUT2D eigenvalue weighted by atomic mass is 16.5. The van der Waals surface area contributed by atoms with Crippen LogP contribution in [0.1, 0.15) is 44.7 Å². The Morgan fingerprint density at radius 1 is 1.14 bits per heavy atom. The highest BCUT2D eigenvalue weighted by Gasteiger charge is 2.32. The zero-order valence-corrected chi connectivity index (χ0v) is 17.0. The van der Waals surface area contributed by atoms with Crippen molar-refractivity contribution >= 4 is 11.8 Å². The standard InChI is InChI=1S/C21H31N3O4/c1-3-22-20(25)14-23(4-2)15-21(26)24-10-5-7-17(24)16-8-9-18-19(13-16)28-12-6-11-27-18/h8-9,13,17H,3-7,10-12,14-15H2,1-2H3,(H,22,25)/p+1/t17-/m0/s1. The van der Waals surface area contributed by atoms with Crippen molar-refractivity contribution in [1.29, 1.82) is 0 Å². The molecule has 1 aromatic rings. The van der Waals surface area contributed by atoms with E-state index in [-0.39, 0.29) is 17.9 Å². The number of hydrogen-bond acceptors (Lipinski definition) is 4. The lowest BCUT2D eigenvalue weighted by Gasteiger charge is -2.27. The Kier molecular flexibility index (Phi) is 7.14. The lowest BCUT2D eigenvalue weighted by Crippen LogP contribution is -3.14. The molecule has 2 N–H and O–H groups in total. The number of carbonyl (C=O) groups is 2. The van der Waals surface area contributed by atoms with E-state index < -0.39 is 0 Å². The van der Waals surface area contributed by atoms with Crippen LogP contribution >= 0.6 is 0 Å². The molecule has 2 amide bonds. The molecule has 28 heavy (non-hydrogen) atoms. The molecule has 1 unspecified atom stereocenters. The molecular formula is C21H32N3O4+. The fourth-order valence-corrected chi connectivity index (χ4v) is 3.91. The summed E-state index contributed by atoms with van der Waals surface area (Å²) in [6, 6.07) is 6.08. The van der Waals surface area contributed by atoms with Crippen LogP contribution in [0.3, 0.4) is 0 Å². The Hall–Kier alpha value is -2.28. The summed E-state index contributed by atoms with van der Waals surface area (Å²) in [6.45, 7) is 8.02. The van der Waals surface area contributed by atoms with Crippen molar-refractivity contribution in [2.24, 2.45) is 0 Å². The summed E-state index contributed by atoms with van der Waals surface area (Å²) in [5.74, 6) is 1.65. The molecule has 7 heteroatoms. The van der Waals surface area contributed by atoms with Gasteiger partial charge in [0.05, 0.1) is 25.8 Å². The van der Waals surface area contributed by atoms with Crippen LogP contribution in [0.5, 0.6) is 11.5 Å². The van der Waals surface area contributed by atoms with Gasteiger partial charge in [-0.15, -0.1) is 0 Å². The molecule has 0 spiro atoms. The van der Waals surface area contributed by atoms with Crippen molar-refractivity contribution < 1.29 is 24.0 Å². The normalized spacial score (nSPS) is 19.8. The van der Waals surface area contributed by atoms with Crippen molar-refractivity contribution in [3.05, 3.63) is 23.8 Å². The van der Waals surface area contributed by atoms with Gasteiger partial charge in [0.1, 0.15) is 0 Å². The van der Waals surface area contributed by atoms with E-state index in [4.69, 9.17) is 9.47 Å². The zero-order chi connectivity index (χ0) is 19.9. The van der Waals surface area contributed by atoms with Crippen LogP contribution in [0.25, 0.3) is 0 Å². The maximum Gasteiger partial charge on any atom is 0.278 e. The number of likely N-dealkylation sites (N-methyl/N-ethyl adjacent to an activating group) is 2. The number of nitrogens with zero attached hydrogens (tertiary/aromatic N) is 1. The summed E-state index contributed by atoms with van der Waals surface area (Å²) in [6.07, 6.45) is 2.81. The number of ether oxygens (including phenoxy) is 2. The lowest BCUT2D eigenvalue weighted by atomic mass is 10.0. The van der Waals surface area contributed by atoms with E-state index in [1.807, 2.05) is 36.9 Å². The molecule has 7 nitrogen and oxygen atoms in total. The average Bonchev–Trinajstić information content (AvgIpc) is 3.06. The second kappa shape index (κ2) is 9.78. The average molecular weight is 391 g/mol. The van der Waals surface area contributed by atoms with Gasteiger partial charge < -0.3 is 24.6 Å². The minimum absolute atomic E-state index is 0.00646. The summed E-state index contributed by atoms with van der Waals surface area (Å²) in [5, 5.41) is 2.81. The van der Waals surface area contributed by atoms with E-state index >= 15 is 0 Å². The largest absolute Gasteiger partial charge is 0.490 e. The molecule has 2 aliphatic rings. The Labute approximate surface area is 167 Å². The van der Waals surface area contributed by atoms with Crippen LogP contribution in [-0.2, 0) is 9.59 Å². The SMILES string of the molecule is CCNC(=O)C[NH+](CC)CC(=O)N1CCC[C@H]1c1ccc2c(c1)OCCCO2. The smallest absolute Gasteiger partial charge is 0.278 e. The molecule has 0 aliphatic carbocycles. The summed E-state index contributed by atoms with van der Waals surface area (Å²) >= 11 is 0. The Morgan fingerprint density at radius 2 is 1.93 bits per heavy atom. The van der Waals surface area contributed by atoms with E-state index in [1.54, 1.807) is 0 Å². The van der Waals surface area contributed by atoms with Crippen molar-refractivity contribution in [2.45, 2.75) is 39.2 Å². The second-order valence-electron chi connectivity index (χ2n) is 7.41. The van der Waals surface area contributed by atoms with Crippen LogP contribution < -0.4 is 19.7 Å². The Bertz CT molecular complexity index is 694. The van der Waals surface area contributed by atoms with Gasteiger partial charge in [-0.2, -0.15) is 0 Å².